The molecule has 0 spiro atoms. The summed E-state index contributed by atoms with van der Waals surface area (Å²) in [4.78, 5) is 0. The van der Waals surface area contributed by atoms with Crippen molar-refractivity contribution >= 4 is 12.2 Å². The van der Waals surface area contributed by atoms with Gasteiger partial charge < -0.3 is 0 Å². The number of fused-ring (bicyclic) bond motifs is 2. The highest BCUT2D eigenvalue weighted by Gasteiger charge is 2.34. The van der Waals surface area contributed by atoms with Gasteiger partial charge in [0, 0.05) is 11.8 Å². The van der Waals surface area contributed by atoms with Gasteiger partial charge in [-0.05, 0) is 107 Å². The number of hydrogen-bond donors (Lipinski definition) is 0. The summed E-state index contributed by atoms with van der Waals surface area (Å²) >= 11 is 0. The number of rotatable bonds is 13. The van der Waals surface area contributed by atoms with E-state index in [1.165, 1.54) is 51.4 Å². The minimum atomic E-state index is 0.560. The Morgan fingerprint density at radius 1 is 0.500 bits per heavy atom. The van der Waals surface area contributed by atoms with Crippen LogP contribution in [0.2, 0.25) is 0 Å². The maximum absolute atomic E-state index is 2.64. The Hall–Kier alpha value is -2.08. The summed E-state index contributed by atoms with van der Waals surface area (Å²) in [7, 11) is 0. The van der Waals surface area contributed by atoms with Crippen LogP contribution in [0.3, 0.4) is 0 Å². The van der Waals surface area contributed by atoms with Crippen molar-refractivity contribution in [3.63, 3.8) is 0 Å². The van der Waals surface area contributed by atoms with E-state index in [2.05, 4.69) is 106 Å². The van der Waals surface area contributed by atoms with E-state index in [1.807, 2.05) is 0 Å². The van der Waals surface area contributed by atoms with E-state index >= 15 is 0 Å². The Bertz CT molecular complexity index is 1130. The van der Waals surface area contributed by atoms with Gasteiger partial charge >= 0.3 is 0 Å². The Kier molecular flexibility index (Phi) is 10.2. The second-order valence-electron chi connectivity index (χ2n) is 14.1. The third kappa shape index (κ3) is 6.07. The van der Waals surface area contributed by atoms with Crippen LogP contribution in [0, 0.1) is 0 Å². The Morgan fingerprint density at radius 2 is 0.825 bits per heavy atom. The van der Waals surface area contributed by atoms with Gasteiger partial charge in [-0.15, -0.1) is 0 Å². The lowest BCUT2D eigenvalue weighted by Gasteiger charge is -2.27. The zero-order valence-corrected chi connectivity index (χ0v) is 27.6. The quantitative estimate of drug-likeness (QED) is 0.238. The van der Waals surface area contributed by atoms with Crippen LogP contribution >= 0.6 is 0 Å². The van der Waals surface area contributed by atoms with Crippen molar-refractivity contribution < 1.29 is 0 Å². The van der Waals surface area contributed by atoms with Crippen LogP contribution in [0.5, 0.6) is 0 Å². The van der Waals surface area contributed by atoms with Gasteiger partial charge in [0.15, 0.2) is 0 Å². The fraction of sp³-hybridized carbons (Fsp3) is 0.600. The summed E-state index contributed by atoms with van der Waals surface area (Å²) in [6, 6.07) is 9.84. The molecule has 2 aliphatic carbocycles. The molecule has 0 nitrogen and oxygen atoms in total. The molecule has 40 heavy (non-hydrogen) atoms. The SMILES string of the molecule is CCCCC1=Cc2c(C(C)C)ccc(C(C)C)c2C1CCC1C(CCCC)=Cc2c(C(C)C)ccc(C(C)C)c21. The highest BCUT2D eigenvalue weighted by atomic mass is 14.4. The molecule has 218 valence electrons. The molecule has 0 saturated heterocycles. The van der Waals surface area contributed by atoms with Gasteiger partial charge in [-0.1, -0.05) is 130 Å². The van der Waals surface area contributed by atoms with Crippen molar-refractivity contribution in [1.82, 2.24) is 0 Å². The van der Waals surface area contributed by atoms with E-state index in [9.17, 15) is 0 Å². The summed E-state index contributed by atoms with van der Waals surface area (Å²) in [5.74, 6) is 3.39. The monoisotopic (exact) mass is 538 g/mol. The molecule has 4 rings (SSSR count). The first-order valence-electron chi connectivity index (χ1n) is 16.8. The predicted octanol–water partition coefficient (Wildman–Crippen LogP) is 13.0. The molecule has 0 radical (unpaired) electrons. The van der Waals surface area contributed by atoms with Gasteiger partial charge in [-0.3, -0.25) is 0 Å². The van der Waals surface area contributed by atoms with Crippen molar-refractivity contribution in [3.05, 3.63) is 79.9 Å². The van der Waals surface area contributed by atoms with Crippen molar-refractivity contribution in [2.45, 2.75) is 156 Å². The minimum absolute atomic E-state index is 0.560. The van der Waals surface area contributed by atoms with Gasteiger partial charge in [0.05, 0.1) is 0 Å². The molecule has 2 unspecified atom stereocenters. The predicted molar refractivity (Wildman–Crippen MR) is 179 cm³/mol. The van der Waals surface area contributed by atoms with Crippen LogP contribution < -0.4 is 0 Å². The highest BCUT2D eigenvalue weighted by molar-refractivity contribution is 5.73. The van der Waals surface area contributed by atoms with Gasteiger partial charge in [0.25, 0.3) is 0 Å². The molecule has 0 heteroatoms. The van der Waals surface area contributed by atoms with Crippen LogP contribution in [-0.4, -0.2) is 0 Å². The molecule has 2 atom stereocenters. The zero-order chi connectivity index (χ0) is 29.1. The van der Waals surface area contributed by atoms with Crippen LogP contribution in [0.4, 0.5) is 0 Å². The number of allylic oxidation sites excluding steroid dienone is 2. The van der Waals surface area contributed by atoms with Crippen LogP contribution in [-0.2, 0) is 0 Å². The molecule has 0 aliphatic heterocycles. The second-order valence-corrected chi connectivity index (χ2v) is 14.1. The normalized spacial score (nSPS) is 18.2. The average Bonchev–Trinajstić information content (AvgIpc) is 3.45. The molecule has 0 fully saturated rings. The zero-order valence-electron chi connectivity index (χ0n) is 27.6. The van der Waals surface area contributed by atoms with Crippen molar-refractivity contribution in [2.24, 2.45) is 0 Å². The number of hydrogen-bond acceptors (Lipinski definition) is 0. The third-order valence-corrected chi connectivity index (χ3v) is 9.83. The fourth-order valence-corrected chi connectivity index (χ4v) is 7.64. The smallest absolute Gasteiger partial charge is 0.00607 e. The lowest BCUT2D eigenvalue weighted by Crippen LogP contribution is -2.11. The molecule has 0 saturated carbocycles. The summed E-state index contributed by atoms with van der Waals surface area (Å²) in [5, 5.41) is 0. The Balaban J connectivity index is 1.78. The Labute approximate surface area is 247 Å². The van der Waals surface area contributed by atoms with E-state index < -0.39 is 0 Å². The number of benzene rings is 2. The first-order valence-corrected chi connectivity index (χ1v) is 16.8. The first-order chi connectivity index (χ1) is 19.1. The average molecular weight is 539 g/mol. The first kappa shape index (κ1) is 30.9. The molecule has 2 aromatic carbocycles. The van der Waals surface area contributed by atoms with E-state index in [0.717, 1.165) is 0 Å². The van der Waals surface area contributed by atoms with Crippen molar-refractivity contribution in [1.29, 1.82) is 0 Å². The molecular weight excluding hydrogens is 480 g/mol. The summed E-state index contributed by atoms with van der Waals surface area (Å²) in [6.07, 6.45) is 15.4. The fourth-order valence-electron chi connectivity index (χ4n) is 7.64. The maximum Gasteiger partial charge on any atom is 0.00607 e. The van der Waals surface area contributed by atoms with E-state index in [0.29, 0.717) is 35.5 Å². The standard InChI is InChI=1S/C40H58/c1-11-13-15-29-23-37-31(25(3)4)17-19-33(27(7)8)39(37)35(29)21-22-36-30(16-14-12-2)24-38-32(26(5)6)18-20-34(28(9)10)40(36)38/h17-20,23-28,35-36H,11-16,21-22H2,1-10H3. The summed E-state index contributed by atoms with van der Waals surface area (Å²) < 4.78 is 0. The summed E-state index contributed by atoms with van der Waals surface area (Å²) in [6.45, 7) is 23.8. The maximum atomic E-state index is 2.64. The molecular formula is C40H58. The van der Waals surface area contributed by atoms with Gasteiger partial charge in [-0.25, -0.2) is 0 Å². The Morgan fingerprint density at radius 3 is 1.12 bits per heavy atom. The largest absolute Gasteiger partial charge is 0.0654 e. The van der Waals surface area contributed by atoms with Gasteiger partial charge in [-0.2, -0.15) is 0 Å². The van der Waals surface area contributed by atoms with Crippen LogP contribution in [0.15, 0.2) is 35.4 Å². The summed E-state index contributed by atoms with van der Waals surface area (Å²) in [5.41, 5.74) is 16.2. The molecule has 0 heterocycles. The molecule has 0 amide bonds. The van der Waals surface area contributed by atoms with Crippen LogP contribution in [0.25, 0.3) is 12.2 Å². The van der Waals surface area contributed by atoms with Crippen molar-refractivity contribution in [2.75, 3.05) is 0 Å². The van der Waals surface area contributed by atoms with Crippen molar-refractivity contribution in [3.8, 4) is 0 Å². The minimum Gasteiger partial charge on any atom is -0.0654 e. The third-order valence-electron chi connectivity index (χ3n) is 9.83. The molecule has 0 bridgehead atoms. The molecule has 2 aromatic rings. The number of unbranched alkanes of at least 4 members (excludes halogenated alkanes) is 2. The molecule has 0 N–H and O–H groups in total. The highest BCUT2D eigenvalue weighted by Crippen LogP contribution is 2.52. The van der Waals surface area contributed by atoms with Gasteiger partial charge in [0.2, 0.25) is 0 Å². The van der Waals surface area contributed by atoms with E-state index in [-0.39, 0.29) is 0 Å². The van der Waals surface area contributed by atoms with Crippen LogP contribution in [0.1, 0.15) is 201 Å². The molecule has 2 aliphatic rings. The van der Waals surface area contributed by atoms with E-state index in [4.69, 9.17) is 0 Å². The second kappa shape index (κ2) is 13.3. The lowest BCUT2D eigenvalue weighted by atomic mass is 9.77. The topological polar surface area (TPSA) is 0 Å². The van der Waals surface area contributed by atoms with E-state index in [1.54, 1.807) is 55.7 Å². The molecule has 0 aromatic heterocycles. The lowest BCUT2D eigenvalue weighted by molar-refractivity contribution is 0.570. The van der Waals surface area contributed by atoms with Gasteiger partial charge in [0.1, 0.15) is 0 Å².